The van der Waals surface area contributed by atoms with Gasteiger partial charge in [0.15, 0.2) is 5.82 Å². The van der Waals surface area contributed by atoms with Crippen molar-refractivity contribution in [2.45, 2.75) is 69.7 Å². The zero-order chi connectivity index (χ0) is 36.8. The Morgan fingerprint density at radius 2 is 1.93 bits per heavy atom. The normalized spacial score (nSPS) is 23.3. The average Bonchev–Trinajstić information content (AvgIpc) is 3.45. The van der Waals surface area contributed by atoms with Crippen molar-refractivity contribution in [3.63, 3.8) is 0 Å². The summed E-state index contributed by atoms with van der Waals surface area (Å²) in [6, 6.07) is 21.8. The molecule has 6 aromatic rings. The van der Waals surface area contributed by atoms with Crippen molar-refractivity contribution < 1.29 is 13.9 Å². The standard InChI is InChI=1S/C43H37Cl2FN6O2/c1-22-30-19-35(34-18-27(21-51(34)43(53)24-11-12-24)54-42-28-8-3-2-6-23(28)13-15-48-42)52(40-26-17-33(40)49-20-26)41(30)31-16-25(7-5-14-47)36(38(46)39(31)50-22)29-9-4-10-32(44)37(29)45/h2-4,6,8-10,13,15-16,19,24,26-27,33-34,40,49H,5,7,11-12,17-18,20-21H2,1H3/t26-,27+,33-,34-,40+/m1/s1. The van der Waals surface area contributed by atoms with Crippen LogP contribution in [0.2, 0.25) is 10.0 Å². The summed E-state index contributed by atoms with van der Waals surface area (Å²) >= 11 is 13.1. The molecule has 1 N–H and O–H groups in total. The number of rotatable bonds is 8. The molecule has 11 heteroatoms. The summed E-state index contributed by atoms with van der Waals surface area (Å²) in [6.07, 6.45) is 5.49. The molecule has 2 saturated carbocycles. The van der Waals surface area contributed by atoms with Crippen molar-refractivity contribution in [3.05, 3.63) is 99.7 Å². The lowest BCUT2D eigenvalue weighted by molar-refractivity contribution is -0.133. The second kappa shape index (κ2) is 12.9. The summed E-state index contributed by atoms with van der Waals surface area (Å²) in [7, 11) is 0. The first-order chi connectivity index (χ1) is 26.3. The first kappa shape index (κ1) is 33.8. The number of hydrogen-bond acceptors (Lipinski definition) is 6. The maximum absolute atomic E-state index is 17.3. The van der Waals surface area contributed by atoms with Crippen LogP contribution in [0.4, 0.5) is 4.39 Å². The number of nitriles is 1. The highest BCUT2D eigenvalue weighted by Gasteiger charge is 2.51. The van der Waals surface area contributed by atoms with Crippen LogP contribution in [0, 0.1) is 35.9 Å². The van der Waals surface area contributed by atoms with Crippen molar-refractivity contribution in [1.29, 1.82) is 5.26 Å². The number of pyridine rings is 2. The number of amides is 1. The van der Waals surface area contributed by atoms with Gasteiger partial charge in [0.2, 0.25) is 11.8 Å². The topological polar surface area (TPSA) is 96.1 Å². The van der Waals surface area contributed by atoms with Crippen molar-refractivity contribution in [2.24, 2.45) is 11.8 Å². The quantitative estimate of drug-likeness (QED) is 0.166. The number of ether oxygens (including phenoxy) is 1. The number of likely N-dealkylation sites (tertiary alicyclic amines) is 1. The minimum absolute atomic E-state index is 0.0269. The third kappa shape index (κ3) is 5.29. The molecule has 5 fully saturated rings. The second-order valence-corrected chi connectivity index (χ2v) is 16.2. The number of aryl methyl sites for hydroxylation is 2. The number of nitrogens with zero attached hydrogens (tertiary/aromatic N) is 5. The fourth-order valence-electron chi connectivity index (χ4n) is 9.41. The van der Waals surface area contributed by atoms with E-state index in [1.165, 1.54) is 0 Å². The summed E-state index contributed by atoms with van der Waals surface area (Å²) in [5, 5.41) is 17.5. The van der Waals surface area contributed by atoms with Gasteiger partial charge in [-0.1, -0.05) is 53.5 Å². The Hall–Kier alpha value is -4.75. The smallest absolute Gasteiger partial charge is 0.226 e. The largest absolute Gasteiger partial charge is 0.472 e. The van der Waals surface area contributed by atoms with Crippen LogP contribution in [-0.2, 0) is 11.2 Å². The number of carbonyl (C=O) groups is 1. The van der Waals surface area contributed by atoms with Crippen molar-refractivity contribution >= 4 is 61.7 Å². The van der Waals surface area contributed by atoms with Crippen LogP contribution in [0.3, 0.4) is 0 Å². The minimum Gasteiger partial charge on any atom is -0.472 e. The van der Waals surface area contributed by atoms with Gasteiger partial charge in [-0.05, 0) is 79.8 Å². The number of carbonyl (C=O) groups excluding carboxylic acids is 1. The van der Waals surface area contributed by atoms with Gasteiger partial charge < -0.3 is 19.5 Å². The molecule has 3 aromatic carbocycles. The van der Waals surface area contributed by atoms with Crippen LogP contribution >= 0.6 is 23.2 Å². The lowest BCUT2D eigenvalue weighted by Gasteiger charge is -2.39. The monoisotopic (exact) mass is 758 g/mol. The van der Waals surface area contributed by atoms with Crippen LogP contribution in [0.25, 0.3) is 43.7 Å². The zero-order valence-electron chi connectivity index (χ0n) is 29.7. The average molecular weight is 760 g/mol. The number of halogens is 3. The Labute approximate surface area is 321 Å². The number of fused-ring (bicyclic) bond motifs is 5. The Bertz CT molecular complexity index is 2560. The van der Waals surface area contributed by atoms with Crippen LogP contribution in [0.15, 0.2) is 66.9 Å². The number of benzene rings is 3. The Kier molecular flexibility index (Phi) is 8.10. The van der Waals surface area contributed by atoms with Gasteiger partial charge in [-0.2, -0.15) is 5.26 Å². The Balaban J connectivity index is 1.17. The third-order valence-corrected chi connectivity index (χ3v) is 13.0. The van der Waals surface area contributed by atoms with E-state index in [-0.39, 0.29) is 53.0 Å². The molecule has 8 nitrogen and oxygen atoms in total. The van der Waals surface area contributed by atoms with E-state index in [1.807, 2.05) is 48.2 Å². The maximum atomic E-state index is 17.3. The first-order valence-corrected chi connectivity index (χ1v) is 19.6. The lowest BCUT2D eigenvalue weighted by atomic mass is 9.79. The summed E-state index contributed by atoms with van der Waals surface area (Å²) in [4.78, 5) is 25.7. The van der Waals surface area contributed by atoms with Gasteiger partial charge in [-0.25, -0.2) is 14.4 Å². The molecular formula is C43H37Cl2FN6O2. The van der Waals surface area contributed by atoms with Crippen molar-refractivity contribution in [3.8, 4) is 23.1 Å². The van der Waals surface area contributed by atoms with E-state index in [4.69, 9.17) is 32.9 Å². The zero-order valence-corrected chi connectivity index (χ0v) is 31.2. The van der Waals surface area contributed by atoms with Crippen LogP contribution in [0.1, 0.15) is 61.1 Å². The highest BCUT2D eigenvalue weighted by molar-refractivity contribution is 6.43. The van der Waals surface area contributed by atoms with Crippen molar-refractivity contribution in [2.75, 3.05) is 13.1 Å². The molecule has 272 valence electrons. The maximum Gasteiger partial charge on any atom is 0.226 e. The second-order valence-electron chi connectivity index (χ2n) is 15.4. The molecule has 0 radical (unpaired) electrons. The fraction of sp³-hybridized carbons (Fsp3) is 0.349. The molecule has 3 aromatic heterocycles. The molecule has 2 bridgehead atoms. The van der Waals surface area contributed by atoms with E-state index in [1.54, 1.807) is 24.4 Å². The Morgan fingerprint density at radius 1 is 1.07 bits per heavy atom. The predicted octanol–water partition coefficient (Wildman–Crippen LogP) is 9.28. The molecule has 0 unspecified atom stereocenters. The number of hydrogen-bond donors (Lipinski definition) is 1. The lowest BCUT2D eigenvalue weighted by Crippen LogP contribution is -2.41. The molecule has 2 aliphatic carbocycles. The van der Waals surface area contributed by atoms with E-state index in [0.29, 0.717) is 64.0 Å². The molecule has 0 spiro atoms. The van der Waals surface area contributed by atoms with Gasteiger partial charge in [0.1, 0.15) is 11.6 Å². The van der Waals surface area contributed by atoms with Gasteiger partial charge in [0.25, 0.3) is 0 Å². The predicted molar refractivity (Wildman–Crippen MR) is 208 cm³/mol. The van der Waals surface area contributed by atoms with E-state index >= 15 is 4.39 Å². The molecule has 11 rings (SSSR count). The van der Waals surface area contributed by atoms with Crippen LogP contribution in [-0.4, -0.2) is 50.6 Å². The van der Waals surface area contributed by atoms with Crippen LogP contribution in [0.5, 0.6) is 5.88 Å². The highest BCUT2D eigenvalue weighted by Crippen LogP contribution is 2.51. The van der Waals surface area contributed by atoms with Gasteiger partial charge in [0.05, 0.1) is 40.3 Å². The van der Waals surface area contributed by atoms with E-state index in [0.717, 1.165) is 53.2 Å². The molecule has 54 heavy (non-hydrogen) atoms. The summed E-state index contributed by atoms with van der Waals surface area (Å²) in [6.45, 7) is 3.29. The van der Waals surface area contributed by atoms with Gasteiger partial charge in [0, 0.05) is 76.2 Å². The Morgan fingerprint density at radius 3 is 2.70 bits per heavy atom. The fourth-order valence-corrected chi connectivity index (χ4v) is 9.81. The highest BCUT2D eigenvalue weighted by atomic mass is 35.5. The van der Waals surface area contributed by atoms with Crippen molar-refractivity contribution in [1.82, 2.24) is 24.8 Å². The van der Waals surface area contributed by atoms with Crippen LogP contribution < -0.4 is 10.1 Å². The summed E-state index contributed by atoms with van der Waals surface area (Å²) < 4.78 is 26.4. The SMILES string of the molecule is Cc1nc2c(F)c(-c3cccc(Cl)c3Cl)c(CCC#N)cc2c2c1cc([C@H]1C[C@H](Oc3nccc4ccccc34)CN1C(=O)C1CC1)n2[C@H]1[C@H]2CN[C@@H]1C2. The van der Waals surface area contributed by atoms with Gasteiger partial charge in [-0.15, -0.1) is 0 Å². The molecule has 1 amide bonds. The molecule has 3 saturated heterocycles. The van der Waals surface area contributed by atoms with E-state index < -0.39 is 5.82 Å². The molecular weight excluding hydrogens is 722 g/mol. The molecule has 5 aliphatic rings. The summed E-state index contributed by atoms with van der Waals surface area (Å²) in [5.41, 5.74) is 4.35. The number of aromatic nitrogens is 3. The molecule has 3 aliphatic heterocycles. The third-order valence-electron chi connectivity index (χ3n) is 12.2. The number of nitrogens with one attached hydrogen (secondary N) is 1. The van der Waals surface area contributed by atoms with Gasteiger partial charge in [-0.3, -0.25) is 4.79 Å². The summed E-state index contributed by atoms with van der Waals surface area (Å²) in [5.74, 6) is 0.679. The minimum atomic E-state index is -0.485. The molecule has 5 atom stereocenters. The van der Waals surface area contributed by atoms with E-state index in [2.05, 4.69) is 27.0 Å². The van der Waals surface area contributed by atoms with Gasteiger partial charge >= 0.3 is 0 Å². The van der Waals surface area contributed by atoms with E-state index in [9.17, 15) is 10.1 Å². The first-order valence-electron chi connectivity index (χ1n) is 18.8. The molecule has 6 heterocycles.